The largest absolute Gasteiger partial charge is 0.396 e. The quantitative estimate of drug-likeness (QED) is 0.609. The predicted octanol–water partition coefficient (Wildman–Crippen LogP) is -0.357. The normalized spacial score (nSPS) is 15.1. The van der Waals surface area contributed by atoms with E-state index in [0.717, 1.165) is 4.90 Å². The number of carbonyl (C=O) groups is 3. The van der Waals surface area contributed by atoms with Gasteiger partial charge in [-0.2, -0.15) is 0 Å². The molecule has 5 nitrogen and oxygen atoms in total. The number of hydrogen-bond acceptors (Lipinski definition) is 4. The Morgan fingerprint density at radius 1 is 1.20 bits per heavy atom. The maximum absolute atomic E-state index is 11.2. The summed E-state index contributed by atoms with van der Waals surface area (Å²) in [4.78, 5) is 34.4. The lowest BCUT2D eigenvalue weighted by molar-refractivity contribution is -0.137. The number of nitrogens with zero attached hydrogens (tertiary/aromatic N) is 1. The van der Waals surface area contributed by atoms with Gasteiger partial charge in [-0.3, -0.25) is 19.3 Å². The first-order valence-electron chi connectivity index (χ1n) is 4.81. The molecule has 0 aliphatic carbocycles. The van der Waals surface area contributed by atoms with Crippen LogP contribution in [0.25, 0.3) is 0 Å². The Bertz CT molecular complexity index is 291. The van der Waals surface area contributed by atoms with Gasteiger partial charge >= 0.3 is 0 Å². The van der Waals surface area contributed by atoms with Gasteiger partial charge in [-0.15, -0.1) is 0 Å². The van der Waals surface area contributed by atoms with Gasteiger partial charge in [0.25, 0.3) is 11.8 Å². The van der Waals surface area contributed by atoms with Crippen LogP contribution in [0.3, 0.4) is 0 Å². The number of ketones is 1. The zero-order valence-corrected chi connectivity index (χ0v) is 8.31. The topological polar surface area (TPSA) is 74.7 Å². The van der Waals surface area contributed by atoms with E-state index in [1.54, 1.807) is 0 Å². The van der Waals surface area contributed by atoms with Crippen molar-refractivity contribution in [3.63, 3.8) is 0 Å². The number of rotatable bonds is 6. The summed E-state index contributed by atoms with van der Waals surface area (Å²) in [5, 5.41) is 8.50. The summed E-state index contributed by atoms with van der Waals surface area (Å²) in [6.07, 6.45) is 3.28. The van der Waals surface area contributed by atoms with Crippen molar-refractivity contribution in [2.24, 2.45) is 0 Å². The molecule has 0 aromatic rings. The van der Waals surface area contributed by atoms with Crippen molar-refractivity contribution in [3.05, 3.63) is 12.2 Å². The molecule has 0 unspecified atom stereocenters. The average molecular weight is 211 g/mol. The number of carbonyl (C=O) groups excluding carboxylic acids is 3. The third-order valence-corrected chi connectivity index (χ3v) is 2.13. The molecule has 5 heteroatoms. The molecular weight excluding hydrogens is 198 g/mol. The van der Waals surface area contributed by atoms with Crippen molar-refractivity contribution in [2.75, 3.05) is 13.2 Å². The molecule has 2 amide bonds. The minimum Gasteiger partial charge on any atom is -0.396 e. The highest BCUT2D eigenvalue weighted by Crippen LogP contribution is 2.05. The third-order valence-electron chi connectivity index (χ3n) is 2.13. The molecule has 0 fully saturated rings. The zero-order chi connectivity index (χ0) is 11.3. The van der Waals surface area contributed by atoms with Crippen LogP contribution < -0.4 is 0 Å². The monoisotopic (exact) mass is 211 g/mol. The molecule has 0 atom stereocenters. The fourth-order valence-electron chi connectivity index (χ4n) is 1.29. The number of aliphatic hydroxyl groups is 1. The fourth-order valence-corrected chi connectivity index (χ4v) is 1.29. The predicted molar refractivity (Wildman–Crippen MR) is 51.8 cm³/mol. The first-order valence-corrected chi connectivity index (χ1v) is 4.81. The van der Waals surface area contributed by atoms with Crippen LogP contribution in [-0.2, 0) is 14.4 Å². The van der Waals surface area contributed by atoms with Crippen LogP contribution in [0.15, 0.2) is 12.2 Å². The molecule has 0 radical (unpaired) electrons. The lowest BCUT2D eigenvalue weighted by Crippen LogP contribution is -2.32. The standard InChI is InChI=1S/C10H13NO4/c12-7-1-2-8(13)5-6-11-9(14)3-4-10(11)15/h3-4,12H,1-2,5-7H2. The number of aliphatic hydroxyl groups excluding tert-OH is 1. The summed E-state index contributed by atoms with van der Waals surface area (Å²) in [5.74, 6) is -0.776. The van der Waals surface area contributed by atoms with Crippen LogP contribution in [0.4, 0.5) is 0 Å². The summed E-state index contributed by atoms with van der Waals surface area (Å²) >= 11 is 0. The van der Waals surface area contributed by atoms with Crippen LogP contribution >= 0.6 is 0 Å². The third kappa shape index (κ3) is 3.28. The van der Waals surface area contributed by atoms with Gasteiger partial charge in [-0.05, 0) is 6.42 Å². The van der Waals surface area contributed by atoms with Crippen LogP contribution in [0.1, 0.15) is 19.3 Å². The molecule has 0 saturated carbocycles. The first kappa shape index (κ1) is 11.6. The van der Waals surface area contributed by atoms with Crippen molar-refractivity contribution in [3.8, 4) is 0 Å². The highest BCUT2D eigenvalue weighted by Gasteiger charge is 2.23. The van der Waals surface area contributed by atoms with Crippen LogP contribution in [0, 0.1) is 0 Å². The van der Waals surface area contributed by atoms with Gasteiger partial charge in [0.15, 0.2) is 0 Å². The Morgan fingerprint density at radius 3 is 2.33 bits per heavy atom. The lowest BCUT2D eigenvalue weighted by Gasteiger charge is -2.12. The second-order valence-electron chi connectivity index (χ2n) is 3.28. The molecule has 1 aliphatic heterocycles. The molecule has 1 rings (SSSR count). The van der Waals surface area contributed by atoms with Crippen molar-refractivity contribution in [2.45, 2.75) is 19.3 Å². The van der Waals surface area contributed by atoms with Gasteiger partial charge in [0, 0.05) is 38.1 Å². The van der Waals surface area contributed by atoms with E-state index in [0.29, 0.717) is 12.8 Å². The van der Waals surface area contributed by atoms with Crippen molar-refractivity contribution < 1.29 is 19.5 Å². The van der Waals surface area contributed by atoms with Crippen molar-refractivity contribution in [1.82, 2.24) is 4.90 Å². The molecule has 0 aromatic carbocycles. The summed E-state index contributed by atoms with van der Waals surface area (Å²) in [6.45, 7) is 0.115. The smallest absolute Gasteiger partial charge is 0.253 e. The maximum atomic E-state index is 11.2. The Kier molecular flexibility index (Phi) is 4.17. The number of Topliss-reactive ketones (excluding diaryl/α,β-unsaturated/α-hetero) is 1. The fraction of sp³-hybridized carbons (Fsp3) is 0.500. The summed E-state index contributed by atoms with van der Waals surface area (Å²) in [6, 6.07) is 0. The zero-order valence-electron chi connectivity index (χ0n) is 8.31. The number of amides is 2. The molecule has 0 spiro atoms. The van der Waals surface area contributed by atoms with Crippen LogP contribution in [-0.4, -0.2) is 40.8 Å². The molecule has 82 valence electrons. The highest BCUT2D eigenvalue weighted by atomic mass is 16.3. The van der Waals surface area contributed by atoms with Crippen molar-refractivity contribution in [1.29, 1.82) is 0 Å². The van der Waals surface area contributed by atoms with E-state index < -0.39 is 0 Å². The first-order chi connectivity index (χ1) is 7.15. The molecule has 1 aliphatic rings. The SMILES string of the molecule is O=C(CCCO)CCN1C(=O)C=CC1=O. The lowest BCUT2D eigenvalue weighted by atomic mass is 10.1. The van der Waals surface area contributed by atoms with Gasteiger partial charge in [-0.25, -0.2) is 0 Å². The summed E-state index contributed by atoms with van der Waals surface area (Å²) < 4.78 is 0. The molecule has 0 aromatic heterocycles. The average Bonchev–Trinajstić information content (AvgIpc) is 2.53. The second kappa shape index (κ2) is 5.41. The molecule has 0 saturated heterocycles. The molecule has 15 heavy (non-hydrogen) atoms. The number of imide groups is 1. The second-order valence-corrected chi connectivity index (χ2v) is 3.28. The summed E-state index contributed by atoms with van der Waals surface area (Å²) in [5.41, 5.74) is 0. The molecule has 1 N–H and O–H groups in total. The van der Waals surface area contributed by atoms with E-state index in [9.17, 15) is 14.4 Å². The van der Waals surface area contributed by atoms with Crippen LogP contribution in [0.5, 0.6) is 0 Å². The van der Waals surface area contributed by atoms with E-state index in [1.807, 2.05) is 0 Å². The van der Waals surface area contributed by atoms with E-state index in [2.05, 4.69) is 0 Å². The number of hydrogen-bond donors (Lipinski definition) is 1. The van der Waals surface area contributed by atoms with Crippen LogP contribution in [0.2, 0.25) is 0 Å². The van der Waals surface area contributed by atoms with Gasteiger partial charge in [-0.1, -0.05) is 0 Å². The Labute approximate surface area is 87.4 Å². The maximum Gasteiger partial charge on any atom is 0.253 e. The Balaban J connectivity index is 2.28. The Morgan fingerprint density at radius 2 is 1.80 bits per heavy atom. The molecule has 1 heterocycles. The van der Waals surface area contributed by atoms with Gasteiger partial charge in [0.1, 0.15) is 5.78 Å². The van der Waals surface area contributed by atoms with E-state index in [4.69, 9.17) is 5.11 Å². The molecular formula is C10H13NO4. The van der Waals surface area contributed by atoms with E-state index >= 15 is 0 Å². The summed E-state index contributed by atoms with van der Waals surface area (Å²) in [7, 11) is 0. The minimum atomic E-state index is -0.366. The van der Waals surface area contributed by atoms with Crippen molar-refractivity contribution >= 4 is 17.6 Å². The van der Waals surface area contributed by atoms with E-state index in [-0.39, 0.29) is 37.2 Å². The Hall–Kier alpha value is -1.49. The van der Waals surface area contributed by atoms with Gasteiger partial charge in [0.2, 0.25) is 0 Å². The van der Waals surface area contributed by atoms with E-state index in [1.165, 1.54) is 12.2 Å². The van der Waals surface area contributed by atoms with Gasteiger partial charge < -0.3 is 5.11 Å². The highest BCUT2D eigenvalue weighted by molar-refractivity contribution is 6.13. The minimum absolute atomic E-state index is 0.0190. The molecule has 0 bridgehead atoms. The van der Waals surface area contributed by atoms with Gasteiger partial charge in [0.05, 0.1) is 0 Å².